The molecule has 0 saturated heterocycles. The third-order valence-electron chi connectivity index (χ3n) is 3.57. The Morgan fingerprint density at radius 2 is 2.05 bits per heavy atom. The Hall–Kier alpha value is -2.82. The van der Waals surface area contributed by atoms with E-state index in [0.29, 0.717) is 11.4 Å². The first-order valence-corrected chi connectivity index (χ1v) is 7.05. The van der Waals surface area contributed by atoms with Crippen LogP contribution >= 0.6 is 0 Å². The zero-order chi connectivity index (χ0) is 15.5. The average Bonchev–Trinajstić information content (AvgIpc) is 2.96. The minimum atomic E-state index is -0.197. The van der Waals surface area contributed by atoms with Crippen LogP contribution in [-0.4, -0.2) is 22.7 Å². The van der Waals surface area contributed by atoms with E-state index in [1.807, 2.05) is 50.2 Å². The van der Waals surface area contributed by atoms with Crippen LogP contribution < -0.4 is 10.1 Å². The number of hydrogen-bond donors (Lipinski definition) is 2. The predicted octanol–water partition coefficient (Wildman–Crippen LogP) is 3.20. The number of anilines is 1. The van der Waals surface area contributed by atoms with E-state index >= 15 is 0 Å². The lowest BCUT2D eigenvalue weighted by Gasteiger charge is -2.09. The SMILES string of the molecule is Cc1ccc(OCC(=O)Nc2ccc3cn[nH]c3c2)cc1C. The van der Waals surface area contributed by atoms with Gasteiger partial charge in [0, 0.05) is 11.1 Å². The van der Waals surface area contributed by atoms with Crippen molar-refractivity contribution in [1.82, 2.24) is 10.2 Å². The van der Waals surface area contributed by atoms with Crippen LogP contribution in [0.25, 0.3) is 10.9 Å². The van der Waals surface area contributed by atoms with Crippen molar-refractivity contribution < 1.29 is 9.53 Å². The summed E-state index contributed by atoms with van der Waals surface area (Å²) < 4.78 is 5.52. The van der Waals surface area contributed by atoms with E-state index in [9.17, 15) is 4.79 Å². The van der Waals surface area contributed by atoms with Gasteiger partial charge in [-0.2, -0.15) is 5.10 Å². The number of carbonyl (C=O) groups is 1. The normalized spacial score (nSPS) is 10.6. The molecule has 0 saturated carbocycles. The van der Waals surface area contributed by atoms with Gasteiger partial charge in [0.25, 0.3) is 5.91 Å². The molecule has 0 bridgehead atoms. The minimum absolute atomic E-state index is 0.0243. The number of amides is 1. The molecule has 0 radical (unpaired) electrons. The molecule has 2 N–H and O–H groups in total. The highest BCUT2D eigenvalue weighted by molar-refractivity contribution is 5.94. The second-order valence-corrected chi connectivity index (χ2v) is 5.25. The molecule has 3 rings (SSSR count). The van der Waals surface area contributed by atoms with Crippen molar-refractivity contribution in [3.8, 4) is 5.75 Å². The first-order chi connectivity index (χ1) is 10.6. The van der Waals surface area contributed by atoms with Gasteiger partial charge in [-0.05, 0) is 55.3 Å². The summed E-state index contributed by atoms with van der Waals surface area (Å²) in [6, 6.07) is 11.4. The Labute approximate surface area is 128 Å². The van der Waals surface area contributed by atoms with Gasteiger partial charge in [0.2, 0.25) is 0 Å². The van der Waals surface area contributed by atoms with E-state index < -0.39 is 0 Å². The van der Waals surface area contributed by atoms with Crippen molar-refractivity contribution in [3.63, 3.8) is 0 Å². The zero-order valence-corrected chi connectivity index (χ0v) is 12.5. The van der Waals surface area contributed by atoms with Crippen molar-refractivity contribution in [2.24, 2.45) is 0 Å². The number of fused-ring (bicyclic) bond motifs is 1. The highest BCUT2D eigenvalue weighted by Crippen LogP contribution is 2.18. The van der Waals surface area contributed by atoms with Crippen LogP contribution in [0.2, 0.25) is 0 Å². The number of nitrogens with zero attached hydrogens (tertiary/aromatic N) is 1. The average molecular weight is 295 g/mol. The van der Waals surface area contributed by atoms with Crippen LogP contribution in [0.4, 0.5) is 5.69 Å². The summed E-state index contributed by atoms with van der Waals surface area (Å²) in [7, 11) is 0. The molecule has 22 heavy (non-hydrogen) atoms. The minimum Gasteiger partial charge on any atom is -0.484 e. The van der Waals surface area contributed by atoms with Gasteiger partial charge in [-0.3, -0.25) is 9.89 Å². The Bertz CT molecular complexity index is 824. The first-order valence-electron chi connectivity index (χ1n) is 7.05. The molecule has 0 spiro atoms. The molecule has 5 heteroatoms. The maximum Gasteiger partial charge on any atom is 0.262 e. The second kappa shape index (κ2) is 5.89. The van der Waals surface area contributed by atoms with E-state index in [2.05, 4.69) is 15.5 Å². The third kappa shape index (κ3) is 3.09. The van der Waals surface area contributed by atoms with Crippen LogP contribution in [-0.2, 0) is 4.79 Å². The molecule has 3 aromatic rings. The van der Waals surface area contributed by atoms with Crippen LogP contribution in [0.3, 0.4) is 0 Å². The molecule has 5 nitrogen and oxygen atoms in total. The highest BCUT2D eigenvalue weighted by Gasteiger charge is 2.06. The van der Waals surface area contributed by atoms with Gasteiger partial charge < -0.3 is 10.1 Å². The summed E-state index contributed by atoms with van der Waals surface area (Å²) in [5, 5.41) is 10.6. The Morgan fingerprint density at radius 1 is 1.18 bits per heavy atom. The molecular formula is C17H17N3O2. The van der Waals surface area contributed by atoms with Crippen LogP contribution in [0.15, 0.2) is 42.6 Å². The maximum atomic E-state index is 12.0. The summed E-state index contributed by atoms with van der Waals surface area (Å²) in [5.74, 6) is 0.499. The van der Waals surface area contributed by atoms with Gasteiger partial charge in [-0.1, -0.05) is 6.07 Å². The highest BCUT2D eigenvalue weighted by atomic mass is 16.5. The molecule has 0 aliphatic carbocycles. The molecule has 0 aliphatic rings. The molecule has 1 heterocycles. The number of hydrogen-bond acceptors (Lipinski definition) is 3. The summed E-state index contributed by atoms with van der Waals surface area (Å²) in [4.78, 5) is 12.0. The van der Waals surface area contributed by atoms with Gasteiger partial charge >= 0.3 is 0 Å². The number of aryl methyl sites for hydroxylation is 2. The van der Waals surface area contributed by atoms with Crippen molar-refractivity contribution in [1.29, 1.82) is 0 Å². The number of aromatic nitrogens is 2. The summed E-state index contributed by atoms with van der Waals surface area (Å²) >= 11 is 0. The quantitative estimate of drug-likeness (QED) is 0.776. The number of carbonyl (C=O) groups excluding carboxylic acids is 1. The molecule has 0 fully saturated rings. The molecule has 112 valence electrons. The number of ether oxygens (including phenoxy) is 1. The lowest BCUT2D eigenvalue weighted by Crippen LogP contribution is -2.20. The van der Waals surface area contributed by atoms with E-state index in [1.54, 1.807) is 6.20 Å². The van der Waals surface area contributed by atoms with Crippen LogP contribution in [0.5, 0.6) is 5.75 Å². The van der Waals surface area contributed by atoms with Crippen LogP contribution in [0, 0.1) is 13.8 Å². The third-order valence-corrected chi connectivity index (χ3v) is 3.57. The predicted molar refractivity (Wildman–Crippen MR) is 86.1 cm³/mol. The van der Waals surface area contributed by atoms with E-state index in [-0.39, 0.29) is 12.5 Å². The summed E-state index contributed by atoms with van der Waals surface area (Å²) in [6.45, 7) is 4.03. The zero-order valence-electron chi connectivity index (χ0n) is 12.5. The Morgan fingerprint density at radius 3 is 2.86 bits per heavy atom. The summed E-state index contributed by atoms with van der Waals surface area (Å²) in [5.41, 5.74) is 3.94. The number of benzene rings is 2. The van der Waals surface area contributed by atoms with Crippen LogP contribution in [0.1, 0.15) is 11.1 Å². The number of nitrogens with one attached hydrogen (secondary N) is 2. The second-order valence-electron chi connectivity index (χ2n) is 5.25. The van der Waals surface area contributed by atoms with Gasteiger partial charge in [0.1, 0.15) is 5.75 Å². The number of rotatable bonds is 4. The Balaban J connectivity index is 1.60. The van der Waals surface area contributed by atoms with E-state index in [0.717, 1.165) is 16.5 Å². The molecule has 0 unspecified atom stereocenters. The van der Waals surface area contributed by atoms with Crippen molar-refractivity contribution in [2.75, 3.05) is 11.9 Å². The molecule has 1 amide bonds. The molecule has 0 aliphatic heterocycles. The standard InChI is InChI=1S/C17H17N3O2/c1-11-3-6-15(7-12(11)2)22-10-17(21)19-14-5-4-13-9-18-20-16(13)8-14/h3-9H,10H2,1-2H3,(H,18,20)(H,19,21). The van der Waals surface area contributed by atoms with E-state index in [4.69, 9.17) is 4.74 Å². The molecular weight excluding hydrogens is 278 g/mol. The lowest BCUT2D eigenvalue weighted by molar-refractivity contribution is -0.118. The lowest BCUT2D eigenvalue weighted by atomic mass is 10.1. The maximum absolute atomic E-state index is 12.0. The molecule has 0 atom stereocenters. The first kappa shape index (κ1) is 14.1. The summed E-state index contributed by atoms with van der Waals surface area (Å²) in [6.07, 6.45) is 1.74. The van der Waals surface area contributed by atoms with Crippen molar-refractivity contribution in [2.45, 2.75) is 13.8 Å². The number of H-pyrrole nitrogens is 1. The Kier molecular flexibility index (Phi) is 3.78. The molecule has 1 aromatic heterocycles. The topological polar surface area (TPSA) is 67.0 Å². The van der Waals surface area contributed by atoms with Gasteiger partial charge in [0.15, 0.2) is 6.61 Å². The largest absolute Gasteiger partial charge is 0.484 e. The van der Waals surface area contributed by atoms with Gasteiger partial charge in [-0.25, -0.2) is 0 Å². The van der Waals surface area contributed by atoms with Crippen molar-refractivity contribution in [3.05, 3.63) is 53.7 Å². The fraction of sp³-hybridized carbons (Fsp3) is 0.176. The van der Waals surface area contributed by atoms with Gasteiger partial charge in [-0.15, -0.1) is 0 Å². The fourth-order valence-electron chi connectivity index (χ4n) is 2.16. The fourth-order valence-corrected chi connectivity index (χ4v) is 2.16. The monoisotopic (exact) mass is 295 g/mol. The molecule has 2 aromatic carbocycles. The van der Waals surface area contributed by atoms with Gasteiger partial charge in [0.05, 0.1) is 11.7 Å². The number of aromatic amines is 1. The van der Waals surface area contributed by atoms with E-state index in [1.165, 1.54) is 5.56 Å². The smallest absolute Gasteiger partial charge is 0.262 e. The van der Waals surface area contributed by atoms with Crippen molar-refractivity contribution >= 4 is 22.5 Å².